The molecule has 10 unspecified atom stereocenters. The number of fused-ring (bicyclic) bond motifs is 9. The number of methoxy groups -OCH3 is 1. The lowest BCUT2D eigenvalue weighted by atomic mass is 9.81. The van der Waals surface area contributed by atoms with Crippen LogP contribution in [-0.4, -0.2) is 225 Å². The number of primary amides is 1. The van der Waals surface area contributed by atoms with Crippen molar-refractivity contribution < 1.29 is 101 Å². The second kappa shape index (κ2) is 34.4. The van der Waals surface area contributed by atoms with Gasteiger partial charge in [0.15, 0.2) is 5.79 Å². The number of imide groups is 1. The first-order valence-electron chi connectivity index (χ1n) is 35.0. The number of ether oxygens (including phenoxy) is 11. The third-order valence-electron chi connectivity index (χ3n) is 20.5. The Kier molecular flexibility index (Phi) is 26.1. The lowest BCUT2D eigenvalue weighted by Gasteiger charge is -2.47. The first-order chi connectivity index (χ1) is 47.0. The van der Waals surface area contributed by atoms with E-state index in [-0.39, 0.29) is 152 Å². The SMILES string of the molecule is C=C1C2C[C@@H]3O[C@H](CC(O)CNC(=O)OCc4ccc(NC(=O)C(CCCNC(N)=O)NC(=O)[C@@H](NC(=O)CCOCCOCCN5C(=O)C=CC5=O)C(C)C)cc4)[C@H](OC)C3CC(=O)CC3CCC4O[C@@H]5CC(O[C@@]6(CCC7CC(=C)[C@H](CCC(C[C@H]1C)O2)O7)C[C@@H](O)C5O6)[C@H]4O3. The van der Waals surface area contributed by atoms with Gasteiger partial charge in [-0.25, -0.2) is 9.59 Å². The number of nitrogens with zero attached hydrogens (tertiary/aromatic N) is 1. The number of ketones is 1. The summed E-state index contributed by atoms with van der Waals surface area (Å²) in [6.07, 6.45) is 2.13. The molecule has 10 rings (SSSR count). The van der Waals surface area contributed by atoms with Gasteiger partial charge in [-0.05, 0) is 98.5 Å². The Balaban J connectivity index is 0.704. The molecule has 28 nitrogen and oxygen atoms in total. The molecule has 28 heteroatoms. The molecule has 1 spiro atoms. The largest absolute Gasteiger partial charge is 0.445 e. The van der Waals surface area contributed by atoms with Gasteiger partial charge >= 0.3 is 12.1 Å². The van der Waals surface area contributed by atoms with E-state index in [1.807, 2.05) is 0 Å². The average molecular weight is 1380 g/mol. The molecule has 8 amide bonds. The third kappa shape index (κ3) is 19.6. The van der Waals surface area contributed by atoms with Crippen LogP contribution >= 0.6 is 0 Å². The van der Waals surface area contributed by atoms with Crippen LogP contribution in [0.1, 0.15) is 135 Å². The monoisotopic (exact) mass is 1380 g/mol. The quantitative estimate of drug-likeness (QED) is 0.0372. The van der Waals surface area contributed by atoms with E-state index in [0.717, 1.165) is 41.7 Å². The number of hydrogen-bond acceptors (Lipinski definition) is 21. The molecule has 9 N–H and O–H groups in total. The van der Waals surface area contributed by atoms with Crippen molar-refractivity contribution in [3.63, 3.8) is 0 Å². The molecule has 9 aliphatic heterocycles. The third-order valence-corrected chi connectivity index (χ3v) is 20.5. The molecule has 98 heavy (non-hydrogen) atoms. The van der Waals surface area contributed by atoms with Gasteiger partial charge in [-0.2, -0.15) is 0 Å². The maximum Gasteiger partial charge on any atom is 0.407 e. The molecular formula is C70H101N7O21. The van der Waals surface area contributed by atoms with Crippen LogP contribution in [0, 0.1) is 17.8 Å². The summed E-state index contributed by atoms with van der Waals surface area (Å²) in [7, 11) is 1.57. The number of rotatable bonds is 26. The Bertz CT molecular complexity index is 3010. The molecule has 20 atom stereocenters. The van der Waals surface area contributed by atoms with Crippen molar-refractivity contribution in [2.24, 2.45) is 23.5 Å². The standard InChI is InChI=1S/C70H101N7O21/c1-38(2)62(76-59(81)20-24-89-26-27-90-25-23-77-60(82)17-18-61(77)83)67(85)75-50(8-7-22-72-68(71)86)66(84)74-43-11-9-42(10-12-43)37-91-69(87)73-36-45(79)32-56-63(88-6)49-31-44(78)30-47-14-16-53-65(94-47)58-34-57(95-53)64-51(80)35-70(97-58,98-64)21-19-48-29-40(4)52(92-48)15-13-46-28-39(3)41(5)54(93-46)33-55(49)96-56/h9-12,17-18,38-39,45-58,62-65,79-80H,4-5,7-8,13-16,19-37H2,1-3,6H3,(H,73,87)(H,74,84)(H,75,85)(H,76,81)(H3,71,72,86)/t39-,45?,46?,47?,48?,49?,50?,51-,52+,53?,54?,55+,56-,57-,58?,62+,63-,64?,65+,70-/m1/s1. The minimum absolute atomic E-state index is 0.0177. The number of nitrogens with two attached hydrogens (primary N) is 1. The van der Waals surface area contributed by atoms with Gasteiger partial charge in [0.2, 0.25) is 17.7 Å². The number of nitrogens with one attached hydrogen (secondary N) is 5. The van der Waals surface area contributed by atoms with E-state index in [0.29, 0.717) is 56.2 Å². The second-order valence-corrected chi connectivity index (χ2v) is 28.1. The predicted molar refractivity (Wildman–Crippen MR) is 350 cm³/mol. The molecule has 9 heterocycles. The lowest BCUT2D eigenvalue weighted by molar-refractivity contribution is -0.277. The molecular weight excluding hydrogens is 1270 g/mol. The summed E-state index contributed by atoms with van der Waals surface area (Å²) in [5.41, 5.74) is 8.16. The zero-order valence-electron chi connectivity index (χ0n) is 56.8. The average Bonchev–Trinajstić information content (AvgIpc) is 1.55. The van der Waals surface area contributed by atoms with Crippen LogP contribution < -0.4 is 32.3 Å². The molecule has 0 aromatic heterocycles. The maximum absolute atomic E-state index is 14.5. The zero-order chi connectivity index (χ0) is 69.8. The van der Waals surface area contributed by atoms with Gasteiger partial charge in [-0.1, -0.05) is 46.1 Å². The summed E-state index contributed by atoms with van der Waals surface area (Å²) >= 11 is 0. The first-order valence-corrected chi connectivity index (χ1v) is 35.0. The van der Waals surface area contributed by atoms with Crippen molar-refractivity contribution in [1.82, 2.24) is 26.2 Å². The summed E-state index contributed by atoms with van der Waals surface area (Å²) in [5, 5.41) is 36.2. The van der Waals surface area contributed by atoms with Crippen LogP contribution in [0.4, 0.5) is 15.3 Å². The fourth-order valence-corrected chi connectivity index (χ4v) is 15.3. The Labute approximate surface area is 572 Å². The van der Waals surface area contributed by atoms with Crippen molar-refractivity contribution in [2.45, 2.75) is 246 Å². The number of urea groups is 1. The van der Waals surface area contributed by atoms with Gasteiger partial charge in [0.1, 0.15) is 36.7 Å². The Hall–Kier alpha value is -6.28. The van der Waals surface area contributed by atoms with Crippen molar-refractivity contribution in [3.05, 3.63) is 66.3 Å². The van der Waals surface area contributed by atoms with Crippen molar-refractivity contribution >= 4 is 53.1 Å². The molecule has 10 bridgehead atoms. The van der Waals surface area contributed by atoms with E-state index in [4.69, 9.17) is 57.8 Å². The highest BCUT2D eigenvalue weighted by atomic mass is 16.7. The topological polar surface area (TPSA) is 368 Å². The Morgan fingerprint density at radius 2 is 1.50 bits per heavy atom. The summed E-state index contributed by atoms with van der Waals surface area (Å²) in [6.45, 7) is 14.9. The Morgan fingerprint density at radius 3 is 2.24 bits per heavy atom. The second-order valence-electron chi connectivity index (χ2n) is 28.1. The van der Waals surface area contributed by atoms with E-state index in [2.05, 4.69) is 46.7 Å². The molecule has 0 saturated carbocycles. The summed E-state index contributed by atoms with van der Waals surface area (Å²) in [5.74, 6) is -4.19. The van der Waals surface area contributed by atoms with E-state index in [1.165, 1.54) is 12.2 Å². The van der Waals surface area contributed by atoms with Gasteiger partial charge in [0.25, 0.3) is 11.8 Å². The number of Topliss-reactive ketones (excluding diaryl/α,β-unsaturated/α-hetero) is 1. The highest BCUT2D eigenvalue weighted by Crippen LogP contribution is 2.49. The van der Waals surface area contributed by atoms with Crippen LogP contribution in [0.15, 0.2) is 60.7 Å². The lowest BCUT2D eigenvalue weighted by Crippen LogP contribution is -2.58. The Morgan fingerprint density at radius 1 is 0.765 bits per heavy atom. The number of benzene rings is 1. The number of aliphatic hydroxyl groups is 2. The number of alkyl carbamates (subject to hydrolysis) is 1. The maximum atomic E-state index is 14.5. The molecule has 0 aliphatic carbocycles. The number of hydrogen-bond donors (Lipinski definition) is 8. The molecule has 9 aliphatic rings. The highest BCUT2D eigenvalue weighted by molar-refractivity contribution is 6.12. The molecule has 542 valence electrons. The number of aliphatic hydroxyl groups excluding tert-OH is 2. The molecule has 1 aromatic rings. The minimum Gasteiger partial charge on any atom is -0.445 e. The van der Waals surface area contributed by atoms with Gasteiger partial charge in [0, 0.05) is 95.3 Å². The minimum atomic E-state index is -1.11. The van der Waals surface area contributed by atoms with Gasteiger partial charge in [-0.15, -0.1) is 0 Å². The number of carbonyl (C=O) groups is 8. The smallest absolute Gasteiger partial charge is 0.407 e. The van der Waals surface area contributed by atoms with E-state index >= 15 is 0 Å². The molecule has 0 radical (unpaired) electrons. The van der Waals surface area contributed by atoms with Crippen LogP contribution in [0.3, 0.4) is 0 Å². The molecule has 8 saturated heterocycles. The summed E-state index contributed by atoms with van der Waals surface area (Å²) in [4.78, 5) is 104. The first kappa shape index (κ1) is 74.4. The van der Waals surface area contributed by atoms with Gasteiger partial charge < -0.3 is 94.6 Å². The number of carbonyl (C=O) groups excluding carboxylic acids is 8. The molecule has 1 aromatic carbocycles. The number of anilines is 1. The summed E-state index contributed by atoms with van der Waals surface area (Å²) < 4.78 is 70.1. The van der Waals surface area contributed by atoms with E-state index in [1.54, 1.807) is 45.2 Å². The predicted octanol–water partition coefficient (Wildman–Crippen LogP) is 3.75. The fourth-order valence-electron chi connectivity index (χ4n) is 15.3. The van der Waals surface area contributed by atoms with Crippen molar-refractivity contribution in [1.29, 1.82) is 0 Å². The van der Waals surface area contributed by atoms with Gasteiger partial charge in [0.05, 0.1) is 112 Å². The van der Waals surface area contributed by atoms with E-state index in [9.17, 15) is 48.6 Å². The summed E-state index contributed by atoms with van der Waals surface area (Å²) in [6, 6.07) is 3.57. The van der Waals surface area contributed by atoms with E-state index < -0.39 is 114 Å². The number of amides is 8. The van der Waals surface area contributed by atoms with Crippen molar-refractivity contribution in [3.8, 4) is 0 Å². The van der Waals surface area contributed by atoms with Crippen LogP contribution in [0.2, 0.25) is 0 Å². The van der Waals surface area contributed by atoms with Crippen LogP contribution in [0.25, 0.3) is 0 Å². The van der Waals surface area contributed by atoms with Crippen molar-refractivity contribution in [2.75, 3.05) is 58.5 Å². The highest BCUT2D eigenvalue weighted by Gasteiger charge is 2.60. The zero-order valence-corrected chi connectivity index (χ0v) is 56.8. The fraction of sp³-hybridized carbons (Fsp3) is 0.714. The van der Waals surface area contributed by atoms with Crippen LogP contribution in [-0.2, 0) is 87.5 Å². The normalized spacial score (nSPS) is 33.3. The molecule has 8 fully saturated rings. The van der Waals surface area contributed by atoms with Gasteiger partial charge in [-0.3, -0.25) is 33.7 Å². The van der Waals surface area contributed by atoms with Crippen LogP contribution in [0.5, 0.6) is 0 Å².